The number of hydrazone groups is 1. The summed E-state index contributed by atoms with van der Waals surface area (Å²) >= 11 is 0. The molecule has 6 heteroatoms. The molecule has 0 bridgehead atoms. The monoisotopic (exact) mass is 277 g/mol. The van der Waals surface area contributed by atoms with E-state index in [1.807, 2.05) is 0 Å². The highest BCUT2D eigenvalue weighted by molar-refractivity contribution is 6.35. The minimum Gasteiger partial charge on any atom is -0.497 e. The normalized spacial score (nSPS) is 11.2. The van der Waals surface area contributed by atoms with E-state index in [9.17, 15) is 9.59 Å². The van der Waals surface area contributed by atoms with Crippen molar-refractivity contribution in [2.75, 3.05) is 7.11 Å². The maximum atomic E-state index is 11.5. The van der Waals surface area contributed by atoms with Crippen LogP contribution in [0.15, 0.2) is 29.4 Å². The SMILES string of the molecule is COc1ccc(C=NNC(=O)C(=O)NC(C)(C)C)cc1. The van der Waals surface area contributed by atoms with Crippen LogP contribution in [0.3, 0.4) is 0 Å². The quantitative estimate of drug-likeness (QED) is 0.492. The van der Waals surface area contributed by atoms with Gasteiger partial charge in [0.2, 0.25) is 0 Å². The first-order valence-corrected chi connectivity index (χ1v) is 6.11. The molecule has 0 spiro atoms. The lowest BCUT2D eigenvalue weighted by Crippen LogP contribution is -2.47. The van der Waals surface area contributed by atoms with Crippen molar-refractivity contribution in [2.45, 2.75) is 26.3 Å². The Morgan fingerprint density at radius 1 is 1.15 bits per heavy atom. The van der Waals surface area contributed by atoms with E-state index < -0.39 is 17.4 Å². The zero-order valence-corrected chi connectivity index (χ0v) is 12.1. The number of carbonyl (C=O) groups is 2. The van der Waals surface area contributed by atoms with Crippen LogP contribution in [-0.4, -0.2) is 30.7 Å². The molecule has 0 atom stereocenters. The molecule has 1 aromatic carbocycles. The van der Waals surface area contributed by atoms with Gasteiger partial charge in [0.15, 0.2) is 0 Å². The number of carbonyl (C=O) groups excluding carboxylic acids is 2. The molecule has 6 nitrogen and oxygen atoms in total. The van der Waals surface area contributed by atoms with Crippen LogP contribution >= 0.6 is 0 Å². The second kappa shape index (κ2) is 6.70. The highest BCUT2D eigenvalue weighted by Crippen LogP contribution is 2.09. The molecule has 2 N–H and O–H groups in total. The third-order valence-corrected chi connectivity index (χ3v) is 2.19. The lowest BCUT2D eigenvalue weighted by Gasteiger charge is -2.19. The largest absolute Gasteiger partial charge is 0.497 e. The van der Waals surface area contributed by atoms with Crippen molar-refractivity contribution in [3.63, 3.8) is 0 Å². The number of methoxy groups -OCH3 is 1. The van der Waals surface area contributed by atoms with E-state index in [4.69, 9.17) is 4.74 Å². The molecule has 0 heterocycles. The zero-order chi connectivity index (χ0) is 15.2. The fourth-order valence-corrected chi connectivity index (χ4v) is 1.30. The molecular formula is C14H19N3O3. The maximum Gasteiger partial charge on any atom is 0.329 e. The van der Waals surface area contributed by atoms with E-state index in [0.717, 1.165) is 11.3 Å². The number of nitrogens with zero attached hydrogens (tertiary/aromatic N) is 1. The van der Waals surface area contributed by atoms with Crippen molar-refractivity contribution in [1.29, 1.82) is 0 Å². The van der Waals surface area contributed by atoms with Crippen molar-refractivity contribution < 1.29 is 14.3 Å². The Labute approximate surface area is 118 Å². The second-order valence-electron chi connectivity index (χ2n) is 5.18. The van der Waals surface area contributed by atoms with Crippen molar-refractivity contribution >= 4 is 18.0 Å². The molecule has 0 aromatic heterocycles. The zero-order valence-electron chi connectivity index (χ0n) is 12.1. The number of rotatable bonds is 3. The van der Waals surface area contributed by atoms with Crippen molar-refractivity contribution in [3.8, 4) is 5.75 Å². The Balaban J connectivity index is 2.51. The lowest BCUT2D eigenvalue weighted by molar-refractivity contribution is -0.140. The van der Waals surface area contributed by atoms with Gasteiger partial charge in [0.25, 0.3) is 0 Å². The van der Waals surface area contributed by atoms with Crippen molar-refractivity contribution in [3.05, 3.63) is 29.8 Å². The standard InChI is InChI=1S/C14H19N3O3/c1-14(2,3)16-12(18)13(19)17-15-9-10-5-7-11(20-4)8-6-10/h5-9H,1-4H3,(H,16,18)(H,17,19). The first-order valence-electron chi connectivity index (χ1n) is 6.11. The molecule has 0 saturated carbocycles. The average Bonchev–Trinajstić information content (AvgIpc) is 2.37. The van der Waals surface area contributed by atoms with Crippen LogP contribution in [0.5, 0.6) is 5.75 Å². The summed E-state index contributed by atoms with van der Waals surface area (Å²) in [6, 6.07) is 7.11. The summed E-state index contributed by atoms with van der Waals surface area (Å²) in [5.74, 6) is -0.787. The summed E-state index contributed by atoms with van der Waals surface area (Å²) in [4.78, 5) is 22.9. The minimum absolute atomic E-state index is 0.464. The van der Waals surface area contributed by atoms with E-state index in [-0.39, 0.29) is 0 Å². The van der Waals surface area contributed by atoms with Crippen molar-refractivity contribution in [2.24, 2.45) is 5.10 Å². The van der Waals surface area contributed by atoms with Gasteiger partial charge in [0, 0.05) is 5.54 Å². The molecule has 0 aliphatic heterocycles. The third-order valence-electron chi connectivity index (χ3n) is 2.19. The first-order chi connectivity index (χ1) is 9.31. The minimum atomic E-state index is -0.801. The van der Waals surface area contributed by atoms with E-state index in [1.165, 1.54) is 6.21 Å². The molecule has 2 amide bonds. The number of amides is 2. The number of nitrogens with one attached hydrogen (secondary N) is 2. The third kappa shape index (κ3) is 5.51. The number of benzene rings is 1. The molecule has 0 unspecified atom stereocenters. The highest BCUT2D eigenvalue weighted by atomic mass is 16.5. The Kier molecular flexibility index (Phi) is 5.25. The molecule has 20 heavy (non-hydrogen) atoms. The van der Waals surface area contributed by atoms with E-state index in [0.29, 0.717) is 0 Å². The number of hydrogen-bond donors (Lipinski definition) is 2. The Morgan fingerprint density at radius 2 is 1.75 bits per heavy atom. The van der Waals surface area contributed by atoms with E-state index in [1.54, 1.807) is 52.1 Å². The van der Waals surface area contributed by atoms with Gasteiger partial charge >= 0.3 is 11.8 Å². The van der Waals surface area contributed by atoms with Gasteiger partial charge in [-0.1, -0.05) is 0 Å². The Bertz CT molecular complexity index is 501. The van der Waals surface area contributed by atoms with Crippen LogP contribution in [0.2, 0.25) is 0 Å². The summed E-state index contributed by atoms with van der Waals surface area (Å²) in [6.45, 7) is 5.37. The van der Waals surface area contributed by atoms with Gasteiger partial charge in [-0.15, -0.1) is 0 Å². The fourth-order valence-electron chi connectivity index (χ4n) is 1.30. The molecule has 0 aliphatic carbocycles. The van der Waals surface area contributed by atoms with Gasteiger partial charge in [-0.25, -0.2) is 5.43 Å². The second-order valence-corrected chi connectivity index (χ2v) is 5.18. The fraction of sp³-hybridized carbons (Fsp3) is 0.357. The Morgan fingerprint density at radius 3 is 2.25 bits per heavy atom. The van der Waals surface area contributed by atoms with Crippen LogP contribution in [0.1, 0.15) is 26.3 Å². The molecule has 1 aromatic rings. The Hall–Kier alpha value is -2.37. The van der Waals surface area contributed by atoms with Gasteiger partial charge in [0.1, 0.15) is 5.75 Å². The molecule has 108 valence electrons. The van der Waals surface area contributed by atoms with Gasteiger partial charge < -0.3 is 10.1 Å². The maximum absolute atomic E-state index is 11.5. The summed E-state index contributed by atoms with van der Waals surface area (Å²) in [6.07, 6.45) is 1.45. The van der Waals surface area contributed by atoms with Crippen molar-refractivity contribution in [1.82, 2.24) is 10.7 Å². The highest BCUT2D eigenvalue weighted by Gasteiger charge is 2.19. The van der Waals surface area contributed by atoms with Crippen LogP contribution in [-0.2, 0) is 9.59 Å². The summed E-state index contributed by atoms with van der Waals surface area (Å²) < 4.78 is 5.02. The molecule has 0 fully saturated rings. The van der Waals surface area contributed by atoms with Gasteiger partial charge in [-0.2, -0.15) is 5.10 Å². The average molecular weight is 277 g/mol. The predicted molar refractivity (Wildman–Crippen MR) is 76.6 cm³/mol. The summed E-state index contributed by atoms with van der Waals surface area (Å²) in [5.41, 5.74) is 2.49. The smallest absolute Gasteiger partial charge is 0.329 e. The van der Waals surface area contributed by atoms with Crippen LogP contribution in [0, 0.1) is 0 Å². The first kappa shape index (κ1) is 15.7. The van der Waals surface area contributed by atoms with Crippen LogP contribution < -0.4 is 15.5 Å². The van der Waals surface area contributed by atoms with Crippen LogP contribution in [0.4, 0.5) is 0 Å². The number of ether oxygens (including phenoxy) is 1. The predicted octanol–water partition coefficient (Wildman–Crippen LogP) is 1.06. The molecule has 0 saturated heterocycles. The lowest BCUT2D eigenvalue weighted by atomic mass is 10.1. The molecule has 0 radical (unpaired) electrons. The molecule has 1 rings (SSSR count). The summed E-state index contributed by atoms with van der Waals surface area (Å²) in [5, 5.41) is 6.26. The van der Waals surface area contributed by atoms with Gasteiger partial charge in [-0.05, 0) is 50.6 Å². The van der Waals surface area contributed by atoms with Gasteiger partial charge in [0.05, 0.1) is 13.3 Å². The van der Waals surface area contributed by atoms with Gasteiger partial charge in [-0.3, -0.25) is 9.59 Å². The van der Waals surface area contributed by atoms with Crippen LogP contribution in [0.25, 0.3) is 0 Å². The van der Waals surface area contributed by atoms with E-state index in [2.05, 4.69) is 15.8 Å². The topological polar surface area (TPSA) is 79.8 Å². The number of hydrogen-bond acceptors (Lipinski definition) is 4. The summed E-state index contributed by atoms with van der Waals surface area (Å²) in [7, 11) is 1.58. The molecule has 0 aliphatic rings. The van der Waals surface area contributed by atoms with E-state index >= 15 is 0 Å². The molecular weight excluding hydrogens is 258 g/mol.